The number of rotatable bonds is 3. The highest BCUT2D eigenvalue weighted by molar-refractivity contribution is 6.21. The molecule has 16 heavy (non-hydrogen) atoms. The zero-order chi connectivity index (χ0) is 11.7. The molecule has 1 aromatic rings. The smallest absolute Gasteiger partial charge is 0.132 e. The highest BCUT2D eigenvalue weighted by Crippen LogP contribution is 2.32. The van der Waals surface area contributed by atoms with Gasteiger partial charge in [-0.15, -0.1) is 11.6 Å². The van der Waals surface area contributed by atoms with Crippen molar-refractivity contribution in [2.45, 2.75) is 32.1 Å². The van der Waals surface area contributed by atoms with Crippen LogP contribution < -0.4 is 4.90 Å². The molecule has 1 heterocycles. The summed E-state index contributed by atoms with van der Waals surface area (Å²) < 4.78 is 0. The maximum atomic E-state index is 5.98. The van der Waals surface area contributed by atoms with E-state index in [9.17, 15) is 0 Å². The highest BCUT2D eigenvalue weighted by Gasteiger charge is 2.28. The molecule has 1 aromatic heterocycles. The van der Waals surface area contributed by atoms with E-state index < -0.39 is 0 Å². The fourth-order valence-corrected chi connectivity index (χ4v) is 2.68. The molecule has 0 radical (unpaired) electrons. The molecule has 0 amide bonds. The van der Waals surface area contributed by atoms with Gasteiger partial charge in [-0.2, -0.15) is 0 Å². The number of aryl methyl sites for hydroxylation is 2. The summed E-state index contributed by atoms with van der Waals surface area (Å²) in [7, 11) is 2.09. The lowest BCUT2D eigenvalue weighted by Gasteiger charge is -2.34. The molecule has 1 aliphatic carbocycles. The molecule has 0 bridgehead atoms. The van der Waals surface area contributed by atoms with Crippen LogP contribution in [0.15, 0.2) is 6.07 Å². The molecule has 88 valence electrons. The van der Waals surface area contributed by atoms with E-state index in [1.54, 1.807) is 0 Å². The summed E-state index contributed by atoms with van der Waals surface area (Å²) in [4.78, 5) is 10.9. The third-order valence-electron chi connectivity index (χ3n) is 3.05. The van der Waals surface area contributed by atoms with Crippen LogP contribution in [0.5, 0.6) is 0 Å². The van der Waals surface area contributed by atoms with E-state index in [1.165, 1.54) is 0 Å². The quantitative estimate of drug-likeness (QED) is 0.760. The zero-order valence-electron chi connectivity index (χ0n) is 10.1. The van der Waals surface area contributed by atoms with Crippen molar-refractivity contribution in [3.63, 3.8) is 0 Å². The Kier molecular flexibility index (Phi) is 3.33. The van der Waals surface area contributed by atoms with Crippen molar-refractivity contribution in [2.75, 3.05) is 18.5 Å². The van der Waals surface area contributed by atoms with E-state index in [4.69, 9.17) is 11.6 Å². The molecule has 0 N–H and O–H groups in total. The fraction of sp³-hybridized carbons (Fsp3) is 0.667. The van der Waals surface area contributed by atoms with Crippen LogP contribution >= 0.6 is 11.6 Å². The molecule has 1 saturated carbocycles. The van der Waals surface area contributed by atoms with Gasteiger partial charge in [-0.25, -0.2) is 9.97 Å². The Bertz CT molecular complexity index is 354. The van der Waals surface area contributed by atoms with E-state index in [-0.39, 0.29) is 0 Å². The molecule has 1 aliphatic rings. The van der Waals surface area contributed by atoms with Gasteiger partial charge in [0, 0.05) is 30.7 Å². The molecule has 0 atom stereocenters. The zero-order valence-corrected chi connectivity index (χ0v) is 10.8. The molecule has 0 aromatic carbocycles. The van der Waals surface area contributed by atoms with E-state index in [0.29, 0.717) is 5.38 Å². The predicted octanol–water partition coefficient (Wildman–Crippen LogP) is 2.55. The first-order chi connectivity index (χ1) is 7.54. The summed E-state index contributed by atoms with van der Waals surface area (Å²) >= 11 is 5.98. The molecular weight excluding hydrogens is 222 g/mol. The van der Waals surface area contributed by atoms with Gasteiger partial charge in [0.05, 0.1) is 0 Å². The summed E-state index contributed by atoms with van der Waals surface area (Å²) in [6.45, 7) is 4.98. The lowest BCUT2D eigenvalue weighted by molar-refractivity contribution is 0.328. The highest BCUT2D eigenvalue weighted by atomic mass is 35.5. The number of nitrogens with zero attached hydrogens (tertiary/aromatic N) is 3. The second kappa shape index (κ2) is 4.58. The van der Waals surface area contributed by atoms with E-state index >= 15 is 0 Å². The van der Waals surface area contributed by atoms with Gasteiger partial charge < -0.3 is 4.90 Å². The van der Waals surface area contributed by atoms with Crippen LogP contribution in [0.1, 0.15) is 24.4 Å². The van der Waals surface area contributed by atoms with Gasteiger partial charge in [-0.3, -0.25) is 0 Å². The lowest BCUT2D eigenvalue weighted by atomic mass is 9.84. The molecule has 1 fully saturated rings. The Hall–Kier alpha value is -0.830. The second-order valence-corrected chi connectivity index (χ2v) is 5.35. The molecule has 4 heteroatoms. The minimum atomic E-state index is 0.396. The topological polar surface area (TPSA) is 29.0 Å². The minimum Gasteiger partial charge on any atom is -0.359 e. The molecule has 0 unspecified atom stereocenters. The van der Waals surface area contributed by atoms with Gasteiger partial charge in [-0.05, 0) is 32.6 Å². The Morgan fingerprint density at radius 1 is 1.38 bits per heavy atom. The number of hydrogen-bond donors (Lipinski definition) is 0. The average Bonchev–Trinajstić information content (AvgIpc) is 2.13. The largest absolute Gasteiger partial charge is 0.359 e. The molecule has 2 rings (SSSR count). The number of halogens is 1. The van der Waals surface area contributed by atoms with Crippen molar-refractivity contribution < 1.29 is 0 Å². The van der Waals surface area contributed by atoms with Crippen molar-refractivity contribution in [3.05, 3.63) is 17.6 Å². The monoisotopic (exact) mass is 239 g/mol. The van der Waals surface area contributed by atoms with Gasteiger partial charge in [0.1, 0.15) is 11.6 Å². The summed E-state index contributed by atoms with van der Waals surface area (Å²) in [5, 5.41) is 0.396. The van der Waals surface area contributed by atoms with Gasteiger partial charge in [0.15, 0.2) is 0 Å². The van der Waals surface area contributed by atoms with Gasteiger partial charge in [0.25, 0.3) is 0 Å². The maximum Gasteiger partial charge on any atom is 0.132 e. The number of anilines is 1. The van der Waals surface area contributed by atoms with Crippen LogP contribution in [0.3, 0.4) is 0 Å². The Balaban J connectivity index is 2.00. The first-order valence-corrected chi connectivity index (χ1v) is 6.15. The van der Waals surface area contributed by atoms with Crippen LogP contribution in [-0.4, -0.2) is 28.9 Å². The van der Waals surface area contributed by atoms with Crippen LogP contribution in [0, 0.1) is 19.8 Å². The Morgan fingerprint density at radius 2 is 2.06 bits per heavy atom. The lowest BCUT2D eigenvalue weighted by Crippen LogP contribution is -2.35. The van der Waals surface area contributed by atoms with Crippen molar-refractivity contribution >= 4 is 17.4 Å². The SMILES string of the molecule is Cc1cc(N(C)CC2CC(Cl)C2)nc(C)n1. The van der Waals surface area contributed by atoms with Gasteiger partial charge in [0.2, 0.25) is 0 Å². The van der Waals surface area contributed by atoms with Crippen molar-refractivity contribution in [2.24, 2.45) is 5.92 Å². The normalized spacial score (nSPS) is 24.0. The summed E-state index contributed by atoms with van der Waals surface area (Å²) in [6, 6.07) is 2.03. The Morgan fingerprint density at radius 3 is 2.62 bits per heavy atom. The minimum absolute atomic E-state index is 0.396. The van der Waals surface area contributed by atoms with Crippen molar-refractivity contribution in [1.29, 1.82) is 0 Å². The summed E-state index contributed by atoms with van der Waals surface area (Å²) in [6.07, 6.45) is 2.27. The third kappa shape index (κ3) is 2.64. The van der Waals surface area contributed by atoms with Crippen LogP contribution in [0.2, 0.25) is 0 Å². The predicted molar refractivity (Wildman–Crippen MR) is 67.1 cm³/mol. The summed E-state index contributed by atoms with van der Waals surface area (Å²) in [5.41, 5.74) is 1.03. The van der Waals surface area contributed by atoms with Gasteiger partial charge >= 0.3 is 0 Å². The molecule has 0 spiro atoms. The van der Waals surface area contributed by atoms with Crippen LogP contribution in [-0.2, 0) is 0 Å². The van der Waals surface area contributed by atoms with Crippen molar-refractivity contribution in [1.82, 2.24) is 9.97 Å². The first-order valence-electron chi connectivity index (χ1n) is 5.72. The Labute approximate surface area is 102 Å². The third-order valence-corrected chi connectivity index (χ3v) is 3.41. The standard InChI is InChI=1S/C12H18ClN3/c1-8-4-12(15-9(2)14-8)16(3)7-10-5-11(13)6-10/h4,10-11H,5-7H2,1-3H3. The van der Waals surface area contributed by atoms with E-state index in [0.717, 1.165) is 42.6 Å². The summed E-state index contributed by atoms with van der Waals surface area (Å²) in [5.74, 6) is 2.58. The molecule has 0 saturated heterocycles. The van der Waals surface area contributed by atoms with Gasteiger partial charge in [-0.1, -0.05) is 0 Å². The molecular formula is C12H18ClN3. The van der Waals surface area contributed by atoms with Crippen LogP contribution in [0.25, 0.3) is 0 Å². The van der Waals surface area contributed by atoms with E-state index in [2.05, 4.69) is 21.9 Å². The average molecular weight is 240 g/mol. The number of aromatic nitrogens is 2. The number of hydrogen-bond acceptors (Lipinski definition) is 3. The molecule has 0 aliphatic heterocycles. The van der Waals surface area contributed by atoms with Crippen LogP contribution in [0.4, 0.5) is 5.82 Å². The molecule has 3 nitrogen and oxygen atoms in total. The number of alkyl halides is 1. The van der Waals surface area contributed by atoms with E-state index in [1.807, 2.05) is 19.9 Å². The second-order valence-electron chi connectivity index (χ2n) is 4.73. The fourth-order valence-electron chi connectivity index (χ4n) is 2.18. The maximum absolute atomic E-state index is 5.98. The first kappa shape index (κ1) is 11.6. The van der Waals surface area contributed by atoms with Crippen molar-refractivity contribution in [3.8, 4) is 0 Å².